The van der Waals surface area contributed by atoms with Crippen LogP contribution >= 0.6 is 35.1 Å². The van der Waals surface area contributed by atoms with Crippen molar-refractivity contribution in [3.63, 3.8) is 0 Å². The van der Waals surface area contributed by atoms with Crippen LogP contribution in [0, 0.1) is 0 Å². The first-order valence-corrected chi connectivity index (χ1v) is 13.5. The van der Waals surface area contributed by atoms with Gasteiger partial charge in [0.15, 0.2) is 0 Å². The molecule has 0 radical (unpaired) electrons. The fourth-order valence-corrected chi connectivity index (χ4v) is 5.39. The van der Waals surface area contributed by atoms with Gasteiger partial charge in [-0.3, -0.25) is 10.1 Å². The van der Waals surface area contributed by atoms with Crippen LogP contribution in [0.2, 0.25) is 0 Å². The molecule has 4 aromatic rings. The summed E-state index contributed by atoms with van der Waals surface area (Å²) in [4.78, 5) is 30.7. The number of hydrogen-bond acceptors (Lipinski definition) is 7. The number of benzene rings is 3. The van der Waals surface area contributed by atoms with Crippen molar-refractivity contribution in [3.05, 3.63) is 90.5 Å². The standard InChI is InChI=1S/C25H23N5O2S3/c1-2-33-25-29-24(35-30-25)28-22(31)21(17-9-5-3-6-10-17)34-20-15-13-19(14-16-20)27-23(32)26-18-11-7-4-8-12-18/h3-16,21H,2H2,1H3,(H2,26,27,32)(H,28,29,30,31). The fourth-order valence-electron chi connectivity index (χ4n) is 3.09. The molecule has 0 spiro atoms. The summed E-state index contributed by atoms with van der Waals surface area (Å²) in [7, 11) is 0. The molecule has 10 heteroatoms. The van der Waals surface area contributed by atoms with E-state index in [1.54, 1.807) is 0 Å². The third-order valence-electron chi connectivity index (χ3n) is 4.65. The molecule has 4 rings (SSSR count). The molecule has 178 valence electrons. The molecule has 0 aliphatic heterocycles. The normalized spacial score (nSPS) is 11.5. The Morgan fingerprint density at radius 2 is 1.49 bits per heavy atom. The van der Waals surface area contributed by atoms with Crippen LogP contribution < -0.4 is 16.0 Å². The van der Waals surface area contributed by atoms with Crippen LogP contribution in [0.3, 0.4) is 0 Å². The molecule has 1 atom stereocenters. The molecule has 0 aliphatic rings. The number of amides is 3. The van der Waals surface area contributed by atoms with Crippen LogP contribution in [0.1, 0.15) is 17.7 Å². The average molecular weight is 522 g/mol. The van der Waals surface area contributed by atoms with Gasteiger partial charge >= 0.3 is 6.03 Å². The summed E-state index contributed by atoms with van der Waals surface area (Å²) in [6.45, 7) is 2.03. The van der Waals surface area contributed by atoms with E-state index in [9.17, 15) is 9.59 Å². The van der Waals surface area contributed by atoms with Crippen LogP contribution in [-0.2, 0) is 4.79 Å². The van der Waals surface area contributed by atoms with E-state index in [1.165, 1.54) is 35.1 Å². The van der Waals surface area contributed by atoms with Crippen LogP contribution in [-0.4, -0.2) is 27.0 Å². The van der Waals surface area contributed by atoms with Crippen molar-refractivity contribution >= 4 is 63.5 Å². The van der Waals surface area contributed by atoms with Crippen molar-refractivity contribution < 1.29 is 9.59 Å². The quantitative estimate of drug-likeness (QED) is 0.210. The van der Waals surface area contributed by atoms with Crippen LogP contribution in [0.4, 0.5) is 21.3 Å². The van der Waals surface area contributed by atoms with Crippen molar-refractivity contribution in [2.24, 2.45) is 0 Å². The van der Waals surface area contributed by atoms with Gasteiger partial charge in [-0.2, -0.15) is 9.36 Å². The number of anilines is 3. The Morgan fingerprint density at radius 3 is 2.14 bits per heavy atom. The molecule has 1 unspecified atom stereocenters. The summed E-state index contributed by atoms with van der Waals surface area (Å²) in [6.07, 6.45) is 0. The molecule has 1 heterocycles. The van der Waals surface area contributed by atoms with Crippen LogP contribution in [0.15, 0.2) is 95.0 Å². The van der Waals surface area contributed by atoms with E-state index in [-0.39, 0.29) is 11.9 Å². The first kappa shape index (κ1) is 24.8. The van der Waals surface area contributed by atoms with Crippen LogP contribution in [0.25, 0.3) is 0 Å². The molecule has 3 aromatic carbocycles. The number of thioether (sulfide) groups is 2. The van der Waals surface area contributed by atoms with Gasteiger partial charge in [-0.1, -0.05) is 67.2 Å². The van der Waals surface area contributed by atoms with Gasteiger partial charge < -0.3 is 10.6 Å². The van der Waals surface area contributed by atoms with Crippen molar-refractivity contribution in [1.29, 1.82) is 0 Å². The average Bonchev–Trinajstić information content (AvgIpc) is 3.31. The van der Waals surface area contributed by atoms with E-state index in [4.69, 9.17) is 0 Å². The highest BCUT2D eigenvalue weighted by Gasteiger charge is 2.23. The van der Waals surface area contributed by atoms with Gasteiger partial charge in [0.25, 0.3) is 0 Å². The van der Waals surface area contributed by atoms with Gasteiger partial charge in [0.1, 0.15) is 5.25 Å². The monoisotopic (exact) mass is 521 g/mol. The number of hydrogen-bond donors (Lipinski definition) is 3. The van der Waals surface area contributed by atoms with E-state index in [1.807, 2.05) is 91.9 Å². The zero-order valence-corrected chi connectivity index (χ0v) is 21.3. The SMILES string of the molecule is CCSc1nsc(NC(=O)C(Sc2ccc(NC(=O)Nc3ccccc3)cc2)c2ccccc2)n1. The zero-order chi connectivity index (χ0) is 24.5. The second-order valence-corrected chi connectivity index (χ2v) is 10.3. The summed E-state index contributed by atoms with van der Waals surface area (Å²) in [6, 6.07) is 25.9. The van der Waals surface area contributed by atoms with E-state index in [2.05, 4.69) is 25.3 Å². The summed E-state index contributed by atoms with van der Waals surface area (Å²) in [5, 5.41) is 9.17. The van der Waals surface area contributed by atoms with Gasteiger partial charge in [-0.25, -0.2) is 4.79 Å². The van der Waals surface area contributed by atoms with Gasteiger partial charge in [-0.15, -0.1) is 11.8 Å². The number of carbonyl (C=O) groups excluding carboxylic acids is 2. The molecule has 1 aromatic heterocycles. The lowest BCUT2D eigenvalue weighted by molar-refractivity contribution is -0.115. The van der Waals surface area contributed by atoms with Crippen molar-refractivity contribution in [3.8, 4) is 0 Å². The highest BCUT2D eigenvalue weighted by Crippen LogP contribution is 2.37. The predicted molar refractivity (Wildman–Crippen MR) is 146 cm³/mol. The minimum Gasteiger partial charge on any atom is -0.308 e. The van der Waals surface area contributed by atoms with Gasteiger partial charge in [0.05, 0.1) is 0 Å². The van der Waals surface area contributed by atoms with E-state index < -0.39 is 5.25 Å². The molecule has 0 saturated heterocycles. The Hall–Kier alpha value is -3.34. The number of nitrogens with one attached hydrogen (secondary N) is 3. The number of nitrogens with zero attached hydrogens (tertiary/aromatic N) is 2. The van der Waals surface area contributed by atoms with Gasteiger partial charge in [0.2, 0.25) is 16.2 Å². The molecule has 0 saturated carbocycles. The lowest BCUT2D eigenvalue weighted by atomic mass is 10.1. The number of carbonyl (C=O) groups is 2. The number of urea groups is 1. The smallest absolute Gasteiger partial charge is 0.308 e. The summed E-state index contributed by atoms with van der Waals surface area (Å²) in [5.41, 5.74) is 2.25. The third-order valence-corrected chi connectivity index (χ3v) is 7.39. The molecule has 7 nitrogen and oxygen atoms in total. The number of rotatable bonds is 9. The first-order valence-electron chi connectivity index (χ1n) is 10.8. The lowest BCUT2D eigenvalue weighted by Gasteiger charge is -2.16. The van der Waals surface area contributed by atoms with Gasteiger partial charge in [0, 0.05) is 27.8 Å². The first-order chi connectivity index (χ1) is 17.1. The Kier molecular flexibility index (Phi) is 8.77. The molecular formula is C25H23N5O2S3. The Bertz CT molecular complexity index is 1250. The minimum atomic E-state index is -0.484. The van der Waals surface area contributed by atoms with Crippen molar-refractivity contribution in [2.75, 3.05) is 21.7 Å². The van der Waals surface area contributed by atoms with Crippen molar-refractivity contribution in [2.45, 2.75) is 22.2 Å². The molecule has 35 heavy (non-hydrogen) atoms. The molecule has 0 aliphatic carbocycles. The molecule has 3 N–H and O–H groups in total. The Labute approximate surface area is 216 Å². The summed E-state index contributed by atoms with van der Waals surface area (Å²) >= 11 is 4.14. The molecule has 3 amide bonds. The van der Waals surface area contributed by atoms with E-state index >= 15 is 0 Å². The maximum absolute atomic E-state index is 13.2. The second-order valence-electron chi connectivity index (χ2n) is 7.18. The lowest BCUT2D eigenvalue weighted by Crippen LogP contribution is -2.19. The number of para-hydroxylation sites is 1. The zero-order valence-electron chi connectivity index (χ0n) is 18.8. The third kappa shape index (κ3) is 7.32. The maximum atomic E-state index is 13.2. The van der Waals surface area contributed by atoms with Crippen molar-refractivity contribution in [1.82, 2.24) is 9.36 Å². The topological polar surface area (TPSA) is 96.0 Å². The van der Waals surface area contributed by atoms with Crippen LogP contribution in [0.5, 0.6) is 0 Å². The van der Waals surface area contributed by atoms with E-state index in [0.29, 0.717) is 21.7 Å². The highest BCUT2D eigenvalue weighted by atomic mass is 32.2. The maximum Gasteiger partial charge on any atom is 0.323 e. The summed E-state index contributed by atoms with van der Waals surface area (Å²) in [5.74, 6) is 0.695. The molecule has 0 bridgehead atoms. The predicted octanol–water partition coefficient (Wildman–Crippen LogP) is 6.77. The molecule has 0 fully saturated rings. The Morgan fingerprint density at radius 1 is 0.857 bits per heavy atom. The highest BCUT2D eigenvalue weighted by molar-refractivity contribution is 8.00. The number of aromatic nitrogens is 2. The second kappa shape index (κ2) is 12.4. The Balaban J connectivity index is 1.43. The summed E-state index contributed by atoms with van der Waals surface area (Å²) < 4.78 is 4.27. The molecular weight excluding hydrogens is 499 g/mol. The van der Waals surface area contributed by atoms with Gasteiger partial charge in [-0.05, 0) is 47.7 Å². The largest absolute Gasteiger partial charge is 0.323 e. The fraction of sp³-hybridized carbons (Fsp3) is 0.120. The van der Waals surface area contributed by atoms with E-state index in [0.717, 1.165) is 16.2 Å². The minimum absolute atomic E-state index is 0.171.